The lowest BCUT2D eigenvalue weighted by atomic mass is 9.92. The SMILES string of the molecule is CC(C)(C)c1cc(=O)[nH]c(-c2ccc3c(c2)CCO3)n1. The highest BCUT2D eigenvalue weighted by molar-refractivity contribution is 5.59. The number of nitrogens with one attached hydrogen (secondary N) is 1. The van der Waals surface area contributed by atoms with Gasteiger partial charge in [0.15, 0.2) is 0 Å². The minimum Gasteiger partial charge on any atom is -0.493 e. The van der Waals surface area contributed by atoms with E-state index in [1.165, 1.54) is 5.56 Å². The molecule has 1 N–H and O–H groups in total. The second-order valence-corrected chi connectivity index (χ2v) is 6.15. The van der Waals surface area contributed by atoms with Crippen LogP contribution in [0.2, 0.25) is 0 Å². The average molecular weight is 270 g/mol. The number of fused-ring (bicyclic) bond motifs is 1. The summed E-state index contributed by atoms with van der Waals surface area (Å²) >= 11 is 0. The van der Waals surface area contributed by atoms with Gasteiger partial charge in [-0.05, 0) is 23.8 Å². The van der Waals surface area contributed by atoms with Gasteiger partial charge in [0.2, 0.25) is 0 Å². The van der Waals surface area contributed by atoms with E-state index in [2.05, 4.69) is 30.7 Å². The highest BCUT2D eigenvalue weighted by atomic mass is 16.5. The van der Waals surface area contributed by atoms with Gasteiger partial charge in [-0.2, -0.15) is 0 Å². The fourth-order valence-electron chi connectivity index (χ4n) is 2.31. The summed E-state index contributed by atoms with van der Waals surface area (Å²) in [7, 11) is 0. The lowest BCUT2D eigenvalue weighted by Crippen LogP contribution is -2.19. The molecule has 3 rings (SSSR count). The average Bonchev–Trinajstić information content (AvgIpc) is 2.84. The fourth-order valence-corrected chi connectivity index (χ4v) is 2.31. The quantitative estimate of drug-likeness (QED) is 0.866. The van der Waals surface area contributed by atoms with E-state index < -0.39 is 0 Å². The van der Waals surface area contributed by atoms with Crippen LogP contribution in [-0.2, 0) is 11.8 Å². The van der Waals surface area contributed by atoms with Crippen LogP contribution in [0.5, 0.6) is 5.75 Å². The Morgan fingerprint density at radius 3 is 2.80 bits per heavy atom. The van der Waals surface area contributed by atoms with Gasteiger partial charge in [-0.1, -0.05) is 20.8 Å². The van der Waals surface area contributed by atoms with Crippen molar-refractivity contribution in [1.29, 1.82) is 0 Å². The minimum absolute atomic E-state index is 0.114. The summed E-state index contributed by atoms with van der Waals surface area (Å²) in [6, 6.07) is 7.50. The molecule has 1 aromatic carbocycles. The summed E-state index contributed by atoms with van der Waals surface area (Å²) in [5.74, 6) is 1.56. The number of rotatable bonds is 1. The van der Waals surface area contributed by atoms with Crippen LogP contribution in [0.15, 0.2) is 29.1 Å². The van der Waals surface area contributed by atoms with Crippen molar-refractivity contribution in [3.05, 3.63) is 45.9 Å². The first-order valence-corrected chi connectivity index (χ1v) is 6.81. The molecule has 0 atom stereocenters. The maximum absolute atomic E-state index is 11.8. The molecule has 2 aromatic rings. The molecule has 1 aromatic heterocycles. The van der Waals surface area contributed by atoms with Gasteiger partial charge in [-0.25, -0.2) is 4.98 Å². The van der Waals surface area contributed by atoms with Crippen molar-refractivity contribution in [3.8, 4) is 17.1 Å². The topological polar surface area (TPSA) is 55.0 Å². The second-order valence-electron chi connectivity index (χ2n) is 6.15. The molecule has 1 aliphatic rings. The summed E-state index contributed by atoms with van der Waals surface area (Å²) in [5, 5.41) is 0. The Labute approximate surface area is 117 Å². The maximum atomic E-state index is 11.8. The first-order valence-electron chi connectivity index (χ1n) is 6.81. The Hall–Kier alpha value is -2.10. The van der Waals surface area contributed by atoms with Crippen molar-refractivity contribution in [2.45, 2.75) is 32.6 Å². The molecule has 4 nitrogen and oxygen atoms in total. The summed E-state index contributed by atoms with van der Waals surface area (Å²) in [6.45, 7) is 6.88. The Bertz CT molecular complexity index is 711. The predicted octanol–water partition coefficient (Wildman–Crippen LogP) is 2.67. The van der Waals surface area contributed by atoms with E-state index in [0.29, 0.717) is 5.82 Å². The molecule has 0 unspecified atom stereocenters. The molecule has 2 heterocycles. The molecule has 0 bridgehead atoms. The lowest BCUT2D eigenvalue weighted by Gasteiger charge is -2.18. The van der Waals surface area contributed by atoms with Crippen molar-refractivity contribution in [2.75, 3.05) is 6.61 Å². The zero-order valence-corrected chi connectivity index (χ0v) is 12.0. The van der Waals surface area contributed by atoms with Gasteiger partial charge >= 0.3 is 0 Å². The highest BCUT2D eigenvalue weighted by Gasteiger charge is 2.18. The third-order valence-corrected chi connectivity index (χ3v) is 3.47. The fraction of sp³-hybridized carbons (Fsp3) is 0.375. The van der Waals surface area contributed by atoms with E-state index in [4.69, 9.17) is 4.74 Å². The third-order valence-electron chi connectivity index (χ3n) is 3.47. The van der Waals surface area contributed by atoms with E-state index in [0.717, 1.165) is 30.0 Å². The van der Waals surface area contributed by atoms with Crippen LogP contribution in [0.25, 0.3) is 11.4 Å². The monoisotopic (exact) mass is 270 g/mol. The van der Waals surface area contributed by atoms with Gasteiger partial charge in [0.25, 0.3) is 5.56 Å². The predicted molar refractivity (Wildman–Crippen MR) is 78.2 cm³/mol. The highest BCUT2D eigenvalue weighted by Crippen LogP contribution is 2.29. The smallest absolute Gasteiger partial charge is 0.251 e. The van der Waals surface area contributed by atoms with E-state index in [9.17, 15) is 4.79 Å². The van der Waals surface area contributed by atoms with E-state index in [1.54, 1.807) is 6.07 Å². The zero-order chi connectivity index (χ0) is 14.3. The van der Waals surface area contributed by atoms with Crippen LogP contribution in [-0.4, -0.2) is 16.6 Å². The number of H-pyrrole nitrogens is 1. The summed E-state index contributed by atoms with van der Waals surface area (Å²) in [6.07, 6.45) is 0.909. The molecule has 0 saturated heterocycles. The maximum Gasteiger partial charge on any atom is 0.251 e. The van der Waals surface area contributed by atoms with Gasteiger partial charge in [-0.15, -0.1) is 0 Å². The van der Waals surface area contributed by atoms with Crippen LogP contribution in [0.4, 0.5) is 0 Å². The van der Waals surface area contributed by atoms with Crippen LogP contribution in [0.1, 0.15) is 32.0 Å². The van der Waals surface area contributed by atoms with Crippen molar-refractivity contribution in [1.82, 2.24) is 9.97 Å². The molecule has 0 saturated carbocycles. The standard InChI is InChI=1S/C16H18N2O2/c1-16(2,3)13-9-14(19)18-15(17-13)11-4-5-12-10(8-11)6-7-20-12/h4-5,8-9H,6-7H2,1-3H3,(H,17,18,19). The number of aromatic amines is 1. The summed E-state index contributed by atoms with van der Waals surface area (Å²) in [4.78, 5) is 19.3. The van der Waals surface area contributed by atoms with Gasteiger partial charge in [0.1, 0.15) is 11.6 Å². The van der Waals surface area contributed by atoms with Crippen LogP contribution >= 0.6 is 0 Å². The zero-order valence-electron chi connectivity index (χ0n) is 12.0. The second kappa shape index (κ2) is 4.47. The molecule has 0 amide bonds. The Kier molecular flexibility index (Phi) is 2.89. The molecule has 0 radical (unpaired) electrons. The number of benzene rings is 1. The van der Waals surface area contributed by atoms with Gasteiger partial charge < -0.3 is 9.72 Å². The van der Waals surface area contributed by atoms with Gasteiger partial charge in [-0.3, -0.25) is 4.79 Å². The van der Waals surface area contributed by atoms with Crippen LogP contribution < -0.4 is 10.3 Å². The van der Waals surface area contributed by atoms with Crippen molar-refractivity contribution in [3.63, 3.8) is 0 Å². The molecule has 0 spiro atoms. The molecule has 0 aliphatic carbocycles. The summed E-state index contributed by atoms with van der Waals surface area (Å²) < 4.78 is 5.50. The minimum atomic E-state index is -0.150. The first-order chi connectivity index (χ1) is 9.43. The number of nitrogens with zero attached hydrogens (tertiary/aromatic N) is 1. The molecule has 4 heteroatoms. The normalized spacial score (nSPS) is 13.9. The molecular formula is C16H18N2O2. The molecule has 1 aliphatic heterocycles. The van der Waals surface area contributed by atoms with E-state index in [-0.39, 0.29) is 11.0 Å². The Balaban J connectivity index is 2.10. The Morgan fingerprint density at radius 2 is 2.05 bits per heavy atom. The molecular weight excluding hydrogens is 252 g/mol. The molecule has 20 heavy (non-hydrogen) atoms. The third kappa shape index (κ3) is 2.33. The number of hydrogen-bond donors (Lipinski definition) is 1. The number of ether oxygens (including phenoxy) is 1. The number of aromatic nitrogens is 2. The van der Waals surface area contributed by atoms with Gasteiger partial charge in [0, 0.05) is 23.5 Å². The van der Waals surface area contributed by atoms with Crippen molar-refractivity contribution < 1.29 is 4.74 Å². The molecule has 0 fully saturated rings. The number of hydrogen-bond acceptors (Lipinski definition) is 3. The van der Waals surface area contributed by atoms with Crippen LogP contribution in [0.3, 0.4) is 0 Å². The van der Waals surface area contributed by atoms with Crippen molar-refractivity contribution in [2.24, 2.45) is 0 Å². The van der Waals surface area contributed by atoms with E-state index in [1.807, 2.05) is 18.2 Å². The Morgan fingerprint density at radius 1 is 1.25 bits per heavy atom. The van der Waals surface area contributed by atoms with E-state index >= 15 is 0 Å². The lowest BCUT2D eigenvalue weighted by molar-refractivity contribution is 0.357. The van der Waals surface area contributed by atoms with Crippen LogP contribution in [0, 0.1) is 0 Å². The first kappa shape index (κ1) is 12.9. The summed E-state index contributed by atoms with van der Waals surface area (Å²) in [5.41, 5.74) is 2.64. The molecule has 104 valence electrons. The van der Waals surface area contributed by atoms with Gasteiger partial charge in [0.05, 0.1) is 12.3 Å². The largest absolute Gasteiger partial charge is 0.493 e. The van der Waals surface area contributed by atoms with Crippen molar-refractivity contribution >= 4 is 0 Å².